The second kappa shape index (κ2) is 6.10. The van der Waals surface area contributed by atoms with Crippen molar-refractivity contribution < 1.29 is 0 Å². The molecule has 4 heteroatoms. The van der Waals surface area contributed by atoms with E-state index in [0.29, 0.717) is 0 Å². The number of fused-ring (bicyclic) bond motifs is 1. The predicted molar refractivity (Wildman–Crippen MR) is 81.7 cm³/mol. The smallest absolute Gasteiger partial charge is 0.0638 e. The lowest BCUT2D eigenvalue weighted by Crippen LogP contribution is -2.36. The van der Waals surface area contributed by atoms with Gasteiger partial charge in [-0.1, -0.05) is 6.08 Å². The maximum Gasteiger partial charge on any atom is 0.0638 e. The largest absolute Gasteiger partial charge is 0.299 e. The van der Waals surface area contributed by atoms with Crippen LogP contribution in [0.15, 0.2) is 18.9 Å². The van der Waals surface area contributed by atoms with Crippen molar-refractivity contribution in [2.45, 2.75) is 45.3 Å². The average molecular weight is 274 g/mol. The fourth-order valence-electron chi connectivity index (χ4n) is 3.61. The van der Waals surface area contributed by atoms with Crippen molar-refractivity contribution >= 4 is 0 Å². The highest BCUT2D eigenvalue weighted by molar-refractivity contribution is 5.15. The van der Waals surface area contributed by atoms with Crippen LogP contribution in [0.2, 0.25) is 0 Å². The second-order valence-electron chi connectivity index (χ2n) is 6.17. The molecule has 1 aromatic heterocycles. The average Bonchev–Trinajstić information content (AvgIpc) is 2.93. The van der Waals surface area contributed by atoms with Crippen molar-refractivity contribution in [2.24, 2.45) is 0 Å². The van der Waals surface area contributed by atoms with Crippen LogP contribution in [0.1, 0.15) is 30.5 Å². The van der Waals surface area contributed by atoms with Gasteiger partial charge in [-0.05, 0) is 45.8 Å². The Balaban J connectivity index is 1.65. The zero-order valence-corrected chi connectivity index (χ0v) is 12.6. The molecular weight excluding hydrogens is 248 g/mol. The first kappa shape index (κ1) is 13.8. The Hall–Kier alpha value is -1.13. The summed E-state index contributed by atoms with van der Waals surface area (Å²) < 4.78 is 2.00. The standard InChI is InChI=1S/C16H26N4/c1-3-7-20-12-15(14(2)17-20)11-18-8-5-10-19-9-4-6-16(19)13-18/h3,12,16H,1,4-11,13H2,2H3/t16-/m0/s1. The topological polar surface area (TPSA) is 24.3 Å². The van der Waals surface area contributed by atoms with Gasteiger partial charge in [0.1, 0.15) is 0 Å². The molecule has 2 fully saturated rings. The fourth-order valence-corrected chi connectivity index (χ4v) is 3.61. The molecule has 0 bridgehead atoms. The van der Waals surface area contributed by atoms with Gasteiger partial charge in [-0.25, -0.2) is 0 Å². The summed E-state index contributed by atoms with van der Waals surface area (Å²) in [7, 11) is 0. The van der Waals surface area contributed by atoms with Gasteiger partial charge in [0.05, 0.1) is 12.2 Å². The summed E-state index contributed by atoms with van der Waals surface area (Å²) in [6, 6.07) is 0.793. The highest BCUT2D eigenvalue weighted by Gasteiger charge is 2.28. The van der Waals surface area contributed by atoms with E-state index in [-0.39, 0.29) is 0 Å². The Labute approximate surface area is 122 Å². The molecular formula is C16H26N4. The minimum atomic E-state index is 0.793. The van der Waals surface area contributed by atoms with Crippen LogP contribution in [0.25, 0.3) is 0 Å². The van der Waals surface area contributed by atoms with Gasteiger partial charge >= 0.3 is 0 Å². The van der Waals surface area contributed by atoms with E-state index in [1.807, 2.05) is 10.8 Å². The SMILES string of the molecule is C=CCn1cc(CN2CCCN3CCC[C@H]3C2)c(C)n1. The Morgan fingerprint density at radius 2 is 2.20 bits per heavy atom. The number of hydrogen-bond donors (Lipinski definition) is 0. The molecule has 0 radical (unpaired) electrons. The van der Waals surface area contributed by atoms with Crippen LogP contribution in [0.5, 0.6) is 0 Å². The van der Waals surface area contributed by atoms with Gasteiger partial charge in [-0.15, -0.1) is 6.58 Å². The molecule has 0 aliphatic carbocycles. The number of aryl methyl sites for hydroxylation is 1. The minimum absolute atomic E-state index is 0.793. The zero-order chi connectivity index (χ0) is 13.9. The van der Waals surface area contributed by atoms with Gasteiger partial charge in [0.25, 0.3) is 0 Å². The van der Waals surface area contributed by atoms with Crippen molar-refractivity contribution in [2.75, 3.05) is 26.2 Å². The predicted octanol–water partition coefficient (Wildman–Crippen LogP) is 2.05. The van der Waals surface area contributed by atoms with E-state index in [2.05, 4.69) is 34.6 Å². The molecule has 0 aromatic carbocycles. The van der Waals surface area contributed by atoms with E-state index in [9.17, 15) is 0 Å². The van der Waals surface area contributed by atoms with Crippen LogP contribution in [-0.2, 0) is 13.1 Å². The van der Waals surface area contributed by atoms with E-state index in [0.717, 1.165) is 19.1 Å². The van der Waals surface area contributed by atoms with E-state index in [1.165, 1.54) is 56.7 Å². The number of nitrogens with zero attached hydrogens (tertiary/aromatic N) is 4. The fraction of sp³-hybridized carbons (Fsp3) is 0.688. The number of hydrogen-bond acceptors (Lipinski definition) is 3. The van der Waals surface area contributed by atoms with Crippen LogP contribution in [0.3, 0.4) is 0 Å². The summed E-state index contributed by atoms with van der Waals surface area (Å²) in [6.45, 7) is 12.8. The summed E-state index contributed by atoms with van der Waals surface area (Å²) in [5.74, 6) is 0. The highest BCUT2D eigenvalue weighted by Crippen LogP contribution is 2.22. The van der Waals surface area contributed by atoms with Crippen LogP contribution in [-0.4, -0.2) is 51.8 Å². The van der Waals surface area contributed by atoms with Crippen molar-refractivity contribution in [3.63, 3.8) is 0 Å². The number of aromatic nitrogens is 2. The molecule has 2 saturated heterocycles. The quantitative estimate of drug-likeness (QED) is 0.785. The van der Waals surface area contributed by atoms with Gasteiger partial charge in [0, 0.05) is 30.9 Å². The Morgan fingerprint density at radius 1 is 1.35 bits per heavy atom. The van der Waals surface area contributed by atoms with Gasteiger partial charge in [0.2, 0.25) is 0 Å². The lowest BCUT2D eigenvalue weighted by Gasteiger charge is -2.25. The van der Waals surface area contributed by atoms with Crippen LogP contribution >= 0.6 is 0 Å². The van der Waals surface area contributed by atoms with Gasteiger partial charge in [-0.2, -0.15) is 5.10 Å². The Bertz CT molecular complexity index is 465. The monoisotopic (exact) mass is 274 g/mol. The number of allylic oxidation sites excluding steroid dienone is 1. The lowest BCUT2D eigenvalue weighted by molar-refractivity contribution is 0.215. The Kier molecular flexibility index (Phi) is 4.22. The highest BCUT2D eigenvalue weighted by atomic mass is 15.3. The molecule has 0 spiro atoms. The molecule has 0 saturated carbocycles. The molecule has 4 nitrogen and oxygen atoms in total. The molecule has 110 valence electrons. The Morgan fingerprint density at radius 3 is 3.05 bits per heavy atom. The van der Waals surface area contributed by atoms with Gasteiger partial charge in [-0.3, -0.25) is 14.5 Å². The molecule has 3 rings (SSSR count). The first-order valence-electron chi connectivity index (χ1n) is 7.86. The first-order chi connectivity index (χ1) is 9.76. The van der Waals surface area contributed by atoms with Crippen molar-refractivity contribution in [3.8, 4) is 0 Å². The molecule has 0 N–H and O–H groups in total. The van der Waals surface area contributed by atoms with E-state index in [4.69, 9.17) is 0 Å². The first-order valence-corrected chi connectivity index (χ1v) is 7.86. The molecule has 0 amide bonds. The third kappa shape index (κ3) is 2.96. The summed E-state index contributed by atoms with van der Waals surface area (Å²) >= 11 is 0. The second-order valence-corrected chi connectivity index (χ2v) is 6.17. The third-order valence-corrected chi connectivity index (χ3v) is 4.65. The molecule has 3 heterocycles. The molecule has 0 unspecified atom stereocenters. The third-order valence-electron chi connectivity index (χ3n) is 4.65. The number of rotatable bonds is 4. The maximum absolute atomic E-state index is 4.56. The summed E-state index contributed by atoms with van der Waals surface area (Å²) in [5, 5.41) is 4.56. The van der Waals surface area contributed by atoms with Gasteiger partial charge < -0.3 is 0 Å². The van der Waals surface area contributed by atoms with Crippen molar-refractivity contribution in [1.82, 2.24) is 19.6 Å². The summed E-state index contributed by atoms with van der Waals surface area (Å²) in [4.78, 5) is 5.31. The molecule has 1 aromatic rings. The zero-order valence-electron chi connectivity index (χ0n) is 12.6. The normalized spacial score (nSPS) is 24.6. The van der Waals surface area contributed by atoms with Crippen molar-refractivity contribution in [3.05, 3.63) is 30.1 Å². The summed E-state index contributed by atoms with van der Waals surface area (Å²) in [6.07, 6.45) is 8.16. The van der Waals surface area contributed by atoms with E-state index < -0.39 is 0 Å². The molecule has 20 heavy (non-hydrogen) atoms. The molecule has 2 aliphatic heterocycles. The van der Waals surface area contributed by atoms with E-state index in [1.54, 1.807) is 0 Å². The van der Waals surface area contributed by atoms with E-state index >= 15 is 0 Å². The van der Waals surface area contributed by atoms with Gasteiger partial charge in [0.15, 0.2) is 0 Å². The van der Waals surface area contributed by atoms with Crippen LogP contribution in [0, 0.1) is 6.92 Å². The lowest BCUT2D eigenvalue weighted by atomic mass is 10.2. The van der Waals surface area contributed by atoms with Crippen LogP contribution in [0.4, 0.5) is 0 Å². The summed E-state index contributed by atoms with van der Waals surface area (Å²) in [5.41, 5.74) is 2.54. The van der Waals surface area contributed by atoms with Crippen molar-refractivity contribution in [1.29, 1.82) is 0 Å². The van der Waals surface area contributed by atoms with Crippen LogP contribution < -0.4 is 0 Å². The maximum atomic E-state index is 4.56. The minimum Gasteiger partial charge on any atom is -0.299 e. The molecule has 2 aliphatic rings. The molecule has 1 atom stereocenters.